The van der Waals surface area contributed by atoms with Gasteiger partial charge in [0, 0.05) is 20.9 Å². The predicted octanol–water partition coefficient (Wildman–Crippen LogP) is 4.35. The molecule has 1 heterocycles. The van der Waals surface area contributed by atoms with Crippen molar-refractivity contribution < 1.29 is 18.3 Å². The van der Waals surface area contributed by atoms with Crippen LogP contribution in [0.25, 0.3) is 5.69 Å². The van der Waals surface area contributed by atoms with Crippen molar-refractivity contribution >= 4 is 11.8 Å². The summed E-state index contributed by atoms with van der Waals surface area (Å²) in [6.07, 6.45) is -2.05. The lowest BCUT2D eigenvalue weighted by Gasteiger charge is -2.12. The molecule has 0 amide bonds. The molecule has 28 heavy (non-hydrogen) atoms. The molecule has 9 heteroatoms. The van der Waals surface area contributed by atoms with Crippen LogP contribution in [0.5, 0.6) is 5.75 Å². The second-order valence-corrected chi connectivity index (χ2v) is 6.87. The molecule has 0 aliphatic rings. The molecule has 2 aromatic carbocycles. The fourth-order valence-electron chi connectivity index (χ4n) is 2.46. The molecular weight excluding hydrogens is 391 g/mol. The molecule has 5 nitrogen and oxygen atoms in total. The molecule has 0 spiro atoms. The molecule has 1 aromatic heterocycles. The number of phenols is 1. The highest BCUT2D eigenvalue weighted by Crippen LogP contribution is 2.33. The zero-order valence-corrected chi connectivity index (χ0v) is 15.2. The highest BCUT2D eigenvalue weighted by Gasteiger charge is 2.19. The van der Waals surface area contributed by atoms with Crippen molar-refractivity contribution in [1.82, 2.24) is 9.78 Å². The van der Waals surface area contributed by atoms with E-state index in [-0.39, 0.29) is 22.6 Å². The number of halogens is 3. The summed E-state index contributed by atoms with van der Waals surface area (Å²) in [5, 5.41) is 22.3. The third kappa shape index (κ3) is 3.73. The van der Waals surface area contributed by atoms with Gasteiger partial charge in [-0.05, 0) is 43.3 Å². The molecule has 0 aliphatic heterocycles. The summed E-state index contributed by atoms with van der Waals surface area (Å²) in [5.41, 5.74) is -1.85. The minimum absolute atomic E-state index is 0.0355. The Morgan fingerprint density at radius 3 is 2.54 bits per heavy atom. The second kappa shape index (κ2) is 7.78. The zero-order valence-electron chi connectivity index (χ0n) is 14.4. The molecule has 0 atom stereocenters. The van der Waals surface area contributed by atoms with Gasteiger partial charge in [-0.1, -0.05) is 11.8 Å². The van der Waals surface area contributed by atoms with Crippen LogP contribution in [0, 0.1) is 24.1 Å². The third-order valence-corrected chi connectivity index (χ3v) is 5.02. The first-order valence-electron chi connectivity index (χ1n) is 7.89. The number of phenolic OH excluding ortho intramolecular Hbond substituents is 1. The van der Waals surface area contributed by atoms with Gasteiger partial charge >= 0.3 is 0 Å². The fraction of sp³-hybridized carbons (Fsp3) is 0.105. The van der Waals surface area contributed by atoms with E-state index >= 15 is 0 Å². The summed E-state index contributed by atoms with van der Waals surface area (Å²) in [4.78, 5) is 13.4. The van der Waals surface area contributed by atoms with Crippen LogP contribution in [-0.4, -0.2) is 14.9 Å². The van der Waals surface area contributed by atoms with Gasteiger partial charge in [0.2, 0.25) is 0 Å². The van der Waals surface area contributed by atoms with Crippen LogP contribution in [0.15, 0.2) is 57.2 Å². The largest absolute Gasteiger partial charge is 0.508 e. The SMILES string of the molecule is Cc1c(C(F)F)cnn(-c2cc(Sc3ccc(O)cc3)c(C#N)cc2F)c1=O. The standard InChI is InChI=1S/C19H12F3N3O2S/c1-10-14(18(21)22)9-24-25(19(10)27)16-7-17(11(8-23)6-15(16)20)28-13-4-2-12(26)3-5-13/h2-7,9,18,26H,1H3. The van der Waals surface area contributed by atoms with Gasteiger partial charge in [-0.3, -0.25) is 4.79 Å². The van der Waals surface area contributed by atoms with E-state index in [1.165, 1.54) is 25.1 Å². The van der Waals surface area contributed by atoms with Gasteiger partial charge < -0.3 is 5.11 Å². The van der Waals surface area contributed by atoms with Gasteiger partial charge in [-0.25, -0.2) is 13.2 Å². The highest BCUT2D eigenvalue weighted by atomic mass is 32.2. The molecule has 3 rings (SSSR count). The minimum Gasteiger partial charge on any atom is -0.508 e. The molecule has 0 radical (unpaired) electrons. The first kappa shape index (κ1) is 19.5. The average Bonchev–Trinajstić information content (AvgIpc) is 2.66. The molecule has 3 aromatic rings. The number of aromatic hydroxyl groups is 1. The van der Waals surface area contributed by atoms with Crippen molar-refractivity contribution in [3.8, 4) is 17.5 Å². The molecule has 0 saturated heterocycles. The number of rotatable bonds is 4. The Morgan fingerprint density at radius 2 is 1.93 bits per heavy atom. The van der Waals surface area contributed by atoms with Crippen LogP contribution in [0.2, 0.25) is 0 Å². The van der Waals surface area contributed by atoms with E-state index in [1.807, 2.05) is 6.07 Å². The summed E-state index contributed by atoms with van der Waals surface area (Å²) in [5.74, 6) is -0.819. The maximum absolute atomic E-state index is 14.5. The summed E-state index contributed by atoms with van der Waals surface area (Å²) in [7, 11) is 0. The van der Waals surface area contributed by atoms with E-state index in [9.17, 15) is 28.3 Å². The molecule has 0 saturated carbocycles. The molecular formula is C19H12F3N3O2S. The van der Waals surface area contributed by atoms with Crippen LogP contribution in [0.4, 0.5) is 13.2 Å². The second-order valence-electron chi connectivity index (χ2n) is 5.75. The summed E-state index contributed by atoms with van der Waals surface area (Å²) in [6.45, 7) is 1.22. The number of hydrogen-bond acceptors (Lipinski definition) is 5. The quantitative estimate of drug-likeness (QED) is 0.701. The maximum Gasteiger partial charge on any atom is 0.274 e. The van der Waals surface area contributed by atoms with E-state index in [0.717, 1.165) is 24.0 Å². The Bertz CT molecular complexity index is 1140. The van der Waals surface area contributed by atoms with Gasteiger partial charge in [0.05, 0.1) is 11.8 Å². The highest BCUT2D eigenvalue weighted by molar-refractivity contribution is 7.99. The van der Waals surface area contributed by atoms with E-state index in [2.05, 4.69) is 5.10 Å². The van der Waals surface area contributed by atoms with E-state index in [1.54, 1.807) is 12.1 Å². The van der Waals surface area contributed by atoms with E-state index < -0.39 is 23.4 Å². The summed E-state index contributed by atoms with van der Waals surface area (Å²) in [6, 6.07) is 10.2. The molecule has 0 unspecified atom stereocenters. The van der Waals surface area contributed by atoms with Crippen LogP contribution in [0.1, 0.15) is 23.1 Å². The average molecular weight is 403 g/mol. The monoisotopic (exact) mass is 403 g/mol. The van der Waals surface area contributed by atoms with Gasteiger partial charge in [0.1, 0.15) is 23.3 Å². The van der Waals surface area contributed by atoms with E-state index in [0.29, 0.717) is 14.5 Å². The smallest absolute Gasteiger partial charge is 0.274 e. The predicted molar refractivity (Wildman–Crippen MR) is 96.4 cm³/mol. The Hall–Kier alpha value is -3.25. The maximum atomic E-state index is 14.5. The number of hydrogen-bond donors (Lipinski definition) is 1. The summed E-state index contributed by atoms with van der Waals surface area (Å²) >= 11 is 1.12. The molecule has 1 N–H and O–H groups in total. The van der Waals surface area contributed by atoms with Gasteiger partial charge in [-0.15, -0.1) is 0 Å². The number of aromatic nitrogens is 2. The Morgan fingerprint density at radius 1 is 1.25 bits per heavy atom. The van der Waals surface area contributed by atoms with Crippen LogP contribution in [-0.2, 0) is 0 Å². The topological polar surface area (TPSA) is 78.9 Å². The Balaban J connectivity index is 2.13. The number of benzene rings is 2. The molecule has 0 bridgehead atoms. The van der Waals surface area contributed by atoms with E-state index in [4.69, 9.17) is 0 Å². The summed E-state index contributed by atoms with van der Waals surface area (Å²) < 4.78 is 41.1. The van der Waals surface area contributed by atoms with Crippen LogP contribution >= 0.6 is 11.8 Å². The minimum atomic E-state index is -2.87. The van der Waals surface area contributed by atoms with Gasteiger partial charge in [0.15, 0.2) is 0 Å². The van der Waals surface area contributed by atoms with Crippen molar-refractivity contribution in [3.05, 3.63) is 75.5 Å². The lowest BCUT2D eigenvalue weighted by Crippen LogP contribution is -2.25. The third-order valence-electron chi connectivity index (χ3n) is 3.96. The molecule has 0 fully saturated rings. The van der Waals surface area contributed by atoms with Gasteiger partial charge in [-0.2, -0.15) is 15.0 Å². The number of nitrogens with zero attached hydrogens (tertiary/aromatic N) is 3. The number of nitriles is 1. The first-order valence-corrected chi connectivity index (χ1v) is 8.71. The molecule has 142 valence electrons. The van der Waals surface area contributed by atoms with Crippen molar-refractivity contribution in [3.63, 3.8) is 0 Å². The van der Waals surface area contributed by atoms with Crippen LogP contribution in [0.3, 0.4) is 0 Å². The van der Waals surface area contributed by atoms with Gasteiger partial charge in [0.25, 0.3) is 12.0 Å². The lowest BCUT2D eigenvalue weighted by molar-refractivity contribution is 0.149. The fourth-order valence-corrected chi connectivity index (χ4v) is 3.37. The van der Waals surface area contributed by atoms with Crippen molar-refractivity contribution in [2.45, 2.75) is 23.1 Å². The lowest BCUT2D eigenvalue weighted by atomic mass is 10.2. The van der Waals surface area contributed by atoms with Crippen molar-refractivity contribution in [1.29, 1.82) is 5.26 Å². The Kier molecular flexibility index (Phi) is 5.42. The van der Waals surface area contributed by atoms with Crippen molar-refractivity contribution in [2.24, 2.45) is 0 Å². The van der Waals surface area contributed by atoms with Crippen LogP contribution < -0.4 is 5.56 Å². The molecule has 0 aliphatic carbocycles. The zero-order chi connectivity index (χ0) is 20.4. The number of alkyl halides is 2. The first-order chi connectivity index (χ1) is 13.3. The normalized spacial score (nSPS) is 10.9. The van der Waals surface area contributed by atoms with Crippen molar-refractivity contribution in [2.75, 3.05) is 0 Å². The Labute approximate surface area is 161 Å².